The van der Waals surface area contributed by atoms with Gasteiger partial charge in [0.15, 0.2) is 0 Å². The van der Waals surface area contributed by atoms with Gasteiger partial charge in [0.1, 0.15) is 11.4 Å². The van der Waals surface area contributed by atoms with Crippen molar-refractivity contribution in [3.8, 4) is 0 Å². The molecule has 2 fully saturated rings. The maximum absolute atomic E-state index is 13.4. The summed E-state index contributed by atoms with van der Waals surface area (Å²) in [5.74, 6) is -1.11. The van der Waals surface area contributed by atoms with Gasteiger partial charge in [-0.05, 0) is 43.4 Å². The number of nitrogens with zero attached hydrogens (tertiary/aromatic N) is 2. The molecule has 7 nitrogen and oxygen atoms in total. The Balaban J connectivity index is 1.63. The number of carbonyl (C=O) groups excluding carboxylic acids is 3. The standard InChI is InChI=1S/C21H28ClFN4O3/c1-14(12-21(25-13-28,15-3-4-15)20(30)24-2)19(29)27-9-7-26(8-10-27)16-5-6-18(23)17(22)11-16/h5-6,11,13-15H,3-4,7-10,12H2,1-2H3,(H,24,30)(H,25,28). The fourth-order valence-electron chi connectivity index (χ4n) is 4.34. The van der Waals surface area contributed by atoms with Gasteiger partial charge in [0.25, 0.3) is 0 Å². The van der Waals surface area contributed by atoms with Crippen LogP contribution in [0.5, 0.6) is 0 Å². The Bertz CT molecular complexity index is 811. The first-order valence-electron chi connectivity index (χ1n) is 10.2. The quantitative estimate of drug-likeness (QED) is 0.606. The highest BCUT2D eigenvalue weighted by molar-refractivity contribution is 6.31. The lowest BCUT2D eigenvalue weighted by atomic mass is 9.82. The molecule has 1 saturated carbocycles. The van der Waals surface area contributed by atoms with Crippen LogP contribution in [0.1, 0.15) is 26.2 Å². The molecule has 2 atom stereocenters. The van der Waals surface area contributed by atoms with Gasteiger partial charge in [-0.15, -0.1) is 0 Å². The first-order chi connectivity index (χ1) is 14.3. The Kier molecular flexibility index (Phi) is 6.85. The first kappa shape index (κ1) is 22.3. The van der Waals surface area contributed by atoms with Gasteiger partial charge < -0.3 is 20.4 Å². The lowest BCUT2D eigenvalue weighted by Gasteiger charge is -2.39. The second kappa shape index (κ2) is 9.20. The summed E-state index contributed by atoms with van der Waals surface area (Å²) in [4.78, 5) is 40.7. The van der Waals surface area contributed by atoms with E-state index in [9.17, 15) is 18.8 Å². The van der Waals surface area contributed by atoms with Gasteiger partial charge in [-0.3, -0.25) is 14.4 Å². The molecule has 0 aromatic heterocycles. The molecule has 30 heavy (non-hydrogen) atoms. The molecule has 1 heterocycles. The van der Waals surface area contributed by atoms with E-state index in [0.29, 0.717) is 32.6 Å². The van der Waals surface area contributed by atoms with E-state index in [1.807, 2.05) is 0 Å². The third-order valence-corrected chi connectivity index (χ3v) is 6.42. The Morgan fingerprint density at radius 1 is 1.30 bits per heavy atom. The van der Waals surface area contributed by atoms with Crippen LogP contribution in [0.25, 0.3) is 0 Å². The fraction of sp³-hybridized carbons (Fsp3) is 0.571. The topological polar surface area (TPSA) is 81.8 Å². The molecular weight excluding hydrogens is 411 g/mol. The molecule has 2 N–H and O–H groups in total. The fourth-order valence-corrected chi connectivity index (χ4v) is 4.51. The number of benzene rings is 1. The Morgan fingerprint density at radius 2 is 1.97 bits per heavy atom. The zero-order valence-electron chi connectivity index (χ0n) is 17.3. The minimum Gasteiger partial charge on any atom is -0.368 e. The van der Waals surface area contributed by atoms with Gasteiger partial charge in [-0.2, -0.15) is 0 Å². The lowest BCUT2D eigenvalue weighted by molar-refractivity contribution is -0.138. The van der Waals surface area contributed by atoms with E-state index in [1.54, 1.807) is 31.0 Å². The van der Waals surface area contributed by atoms with E-state index in [4.69, 9.17) is 11.6 Å². The summed E-state index contributed by atoms with van der Waals surface area (Å²) in [6.45, 7) is 4.07. The number of halogens is 2. The van der Waals surface area contributed by atoms with Crippen LogP contribution in [-0.4, -0.2) is 61.9 Å². The van der Waals surface area contributed by atoms with Gasteiger partial charge in [0.2, 0.25) is 18.2 Å². The molecule has 3 rings (SSSR count). The molecule has 3 amide bonds. The van der Waals surface area contributed by atoms with Crippen LogP contribution in [0.4, 0.5) is 10.1 Å². The van der Waals surface area contributed by atoms with Crippen molar-refractivity contribution in [2.45, 2.75) is 31.7 Å². The summed E-state index contributed by atoms with van der Waals surface area (Å²) in [5.41, 5.74) is -0.220. The van der Waals surface area contributed by atoms with Gasteiger partial charge in [-0.25, -0.2) is 4.39 Å². The average Bonchev–Trinajstić information content (AvgIpc) is 3.60. The molecule has 1 aromatic carbocycles. The normalized spacial score (nSPS) is 19.6. The number of rotatable bonds is 8. The Morgan fingerprint density at radius 3 is 2.50 bits per heavy atom. The van der Waals surface area contributed by atoms with Gasteiger partial charge in [-0.1, -0.05) is 18.5 Å². The Labute approximate surface area is 180 Å². The number of anilines is 1. The van der Waals surface area contributed by atoms with Gasteiger partial charge in [0.05, 0.1) is 5.02 Å². The molecule has 1 aliphatic carbocycles. The third kappa shape index (κ3) is 4.53. The van der Waals surface area contributed by atoms with Crippen LogP contribution in [0.2, 0.25) is 5.02 Å². The summed E-state index contributed by atoms with van der Waals surface area (Å²) in [6.07, 6.45) is 2.53. The molecule has 0 radical (unpaired) electrons. The van der Waals surface area contributed by atoms with Crippen molar-refractivity contribution in [1.29, 1.82) is 0 Å². The summed E-state index contributed by atoms with van der Waals surface area (Å²) >= 11 is 5.88. The molecule has 9 heteroatoms. The van der Waals surface area contributed by atoms with Crippen LogP contribution < -0.4 is 15.5 Å². The highest BCUT2D eigenvalue weighted by Gasteiger charge is 2.52. The number of hydrogen-bond donors (Lipinski definition) is 2. The second-order valence-corrected chi connectivity index (χ2v) is 8.51. The molecule has 1 aliphatic heterocycles. The van der Waals surface area contributed by atoms with Crippen molar-refractivity contribution in [3.05, 3.63) is 29.0 Å². The molecule has 2 aliphatic rings. The molecule has 2 unspecified atom stereocenters. The predicted molar refractivity (Wildman–Crippen MR) is 113 cm³/mol. The predicted octanol–water partition coefficient (Wildman–Crippen LogP) is 1.79. The lowest BCUT2D eigenvalue weighted by Crippen LogP contribution is -2.59. The van der Waals surface area contributed by atoms with Crippen molar-refractivity contribution < 1.29 is 18.8 Å². The van der Waals surface area contributed by atoms with E-state index in [0.717, 1.165) is 18.5 Å². The number of hydrogen-bond acceptors (Lipinski definition) is 4. The molecule has 0 spiro atoms. The maximum Gasteiger partial charge on any atom is 0.245 e. The van der Waals surface area contributed by atoms with E-state index in [1.165, 1.54) is 6.07 Å². The van der Waals surface area contributed by atoms with Gasteiger partial charge in [0, 0.05) is 44.8 Å². The minimum absolute atomic E-state index is 0.0339. The number of piperazine rings is 1. The molecular formula is C21H28ClFN4O3. The summed E-state index contributed by atoms with van der Waals surface area (Å²) in [7, 11) is 1.54. The minimum atomic E-state index is -1.04. The monoisotopic (exact) mass is 438 g/mol. The summed E-state index contributed by atoms with van der Waals surface area (Å²) in [5, 5.41) is 5.44. The van der Waals surface area contributed by atoms with Crippen molar-refractivity contribution in [1.82, 2.24) is 15.5 Å². The molecule has 1 saturated heterocycles. The highest BCUT2D eigenvalue weighted by atomic mass is 35.5. The number of carbonyl (C=O) groups is 3. The van der Waals surface area contributed by atoms with Crippen LogP contribution in [0.3, 0.4) is 0 Å². The average molecular weight is 439 g/mol. The first-order valence-corrected chi connectivity index (χ1v) is 10.6. The number of likely N-dealkylation sites (N-methyl/N-ethyl adjacent to an activating group) is 1. The zero-order chi connectivity index (χ0) is 21.9. The Hall–Kier alpha value is -2.35. The van der Waals surface area contributed by atoms with Crippen LogP contribution in [0.15, 0.2) is 18.2 Å². The molecule has 0 bridgehead atoms. The molecule has 1 aromatic rings. The number of nitrogens with one attached hydrogen (secondary N) is 2. The van der Waals surface area contributed by atoms with Crippen molar-refractivity contribution in [3.63, 3.8) is 0 Å². The van der Waals surface area contributed by atoms with Crippen LogP contribution in [-0.2, 0) is 14.4 Å². The van der Waals surface area contributed by atoms with Crippen molar-refractivity contribution in [2.75, 3.05) is 38.1 Å². The van der Waals surface area contributed by atoms with Gasteiger partial charge >= 0.3 is 0 Å². The summed E-state index contributed by atoms with van der Waals surface area (Å²) < 4.78 is 13.4. The van der Waals surface area contributed by atoms with Crippen LogP contribution >= 0.6 is 11.6 Å². The van der Waals surface area contributed by atoms with E-state index in [2.05, 4.69) is 15.5 Å². The third-order valence-electron chi connectivity index (χ3n) is 6.13. The number of amides is 3. The van der Waals surface area contributed by atoms with E-state index in [-0.39, 0.29) is 29.2 Å². The molecule has 164 valence electrons. The smallest absolute Gasteiger partial charge is 0.245 e. The largest absolute Gasteiger partial charge is 0.368 e. The second-order valence-electron chi connectivity index (χ2n) is 8.10. The van der Waals surface area contributed by atoms with Crippen molar-refractivity contribution >= 4 is 35.5 Å². The summed E-state index contributed by atoms with van der Waals surface area (Å²) in [6, 6.07) is 4.61. The maximum atomic E-state index is 13.4. The highest BCUT2D eigenvalue weighted by Crippen LogP contribution is 2.43. The van der Waals surface area contributed by atoms with E-state index < -0.39 is 17.3 Å². The SMILES string of the molecule is CNC(=O)C(CC(C)C(=O)N1CCN(c2ccc(F)c(Cl)c2)CC1)(NC=O)C1CC1. The van der Waals surface area contributed by atoms with Crippen LogP contribution in [0, 0.1) is 17.7 Å². The zero-order valence-corrected chi connectivity index (χ0v) is 18.0. The van der Waals surface area contributed by atoms with E-state index >= 15 is 0 Å². The van der Waals surface area contributed by atoms with Crippen molar-refractivity contribution in [2.24, 2.45) is 11.8 Å².